The van der Waals surface area contributed by atoms with E-state index in [2.05, 4.69) is 15.1 Å². The number of aromatic hydroxyl groups is 1. The van der Waals surface area contributed by atoms with Crippen LogP contribution in [0.15, 0.2) is 36.4 Å². The standard InChI is InChI=1S/C24H22F2N4O2/c1-2-32-14-11-18(25)17(19(26)12-14)13-30-21-10-6-4-8-16(21)22(29-30)23-27-20-9-5-3-7-15(20)24(31)28-23/h4,6,8,10-12H,2-3,5,7,9,13H2,1H3,(H,27,28,31). The number of rotatable bonds is 5. The Labute approximate surface area is 183 Å². The van der Waals surface area contributed by atoms with Gasteiger partial charge in [0, 0.05) is 28.6 Å². The molecule has 0 bridgehead atoms. The molecule has 5 rings (SSSR count). The number of fused-ring (bicyclic) bond motifs is 2. The number of para-hydroxylation sites is 1. The largest absolute Gasteiger partial charge is 0.494 e. The van der Waals surface area contributed by atoms with E-state index in [-0.39, 0.29) is 23.7 Å². The Kier molecular flexibility index (Phi) is 5.20. The van der Waals surface area contributed by atoms with Crippen molar-refractivity contribution in [2.45, 2.75) is 39.2 Å². The van der Waals surface area contributed by atoms with Gasteiger partial charge in [0.1, 0.15) is 23.1 Å². The first-order valence-corrected chi connectivity index (χ1v) is 10.7. The number of nitrogens with zero attached hydrogens (tertiary/aromatic N) is 4. The predicted molar refractivity (Wildman–Crippen MR) is 116 cm³/mol. The zero-order chi connectivity index (χ0) is 22.2. The maximum Gasteiger partial charge on any atom is 0.218 e. The summed E-state index contributed by atoms with van der Waals surface area (Å²) < 4.78 is 36.1. The molecule has 2 aromatic heterocycles. The van der Waals surface area contributed by atoms with Crippen molar-refractivity contribution in [3.05, 3.63) is 64.9 Å². The van der Waals surface area contributed by atoms with Gasteiger partial charge in [0.25, 0.3) is 0 Å². The summed E-state index contributed by atoms with van der Waals surface area (Å²) in [6.07, 6.45) is 3.54. The molecule has 0 spiro atoms. The summed E-state index contributed by atoms with van der Waals surface area (Å²) >= 11 is 0. The minimum Gasteiger partial charge on any atom is -0.494 e. The molecule has 1 N–H and O–H groups in total. The molecule has 6 nitrogen and oxygen atoms in total. The van der Waals surface area contributed by atoms with Gasteiger partial charge in [-0.2, -0.15) is 10.1 Å². The topological polar surface area (TPSA) is 73.1 Å². The molecule has 0 saturated heterocycles. The Balaban J connectivity index is 1.60. The van der Waals surface area contributed by atoms with Crippen LogP contribution >= 0.6 is 0 Å². The van der Waals surface area contributed by atoms with Crippen molar-refractivity contribution in [2.75, 3.05) is 6.61 Å². The van der Waals surface area contributed by atoms with Crippen molar-refractivity contribution in [2.24, 2.45) is 0 Å². The van der Waals surface area contributed by atoms with Crippen LogP contribution in [0.4, 0.5) is 8.78 Å². The third-order valence-corrected chi connectivity index (χ3v) is 5.76. The fourth-order valence-corrected chi connectivity index (χ4v) is 4.22. The third-order valence-electron chi connectivity index (χ3n) is 5.76. The van der Waals surface area contributed by atoms with Gasteiger partial charge in [0.05, 0.1) is 24.4 Å². The molecule has 1 aliphatic carbocycles. The summed E-state index contributed by atoms with van der Waals surface area (Å²) in [4.78, 5) is 8.97. The maximum absolute atomic E-state index is 14.7. The van der Waals surface area contributed by atoms with Crippen LogP contribution in [-0.4, -0.2) is 31.5 Å². The summed E-state index contributed by atoms with van der Waals surface area (Å²) in [6.45, 7) is 1.96. The van der Waals surface area contributed by atoms with Crippen LogP contribution in [0.2, 0.25) is 0 Å². The van der Waals surface area contributed by atoms with E-state index in [1.807, 2.05) is 24.3 Å². The third kappa shape index (κ3) is 3.55. The smallest absolute Gasteiger partial charge is 0.218 e. The van der Waals surface area contributed by atoms with E-state index in [1.54, 1.807) is 6.92 Å². The molecule has 0 saturated carbocycles. The molecule has 4 aromatic rings. The minimum absolute atomic E-state index is 0.0214. The number of aryl methyl sites for hydroxylation is 1. The van der Waals surface area contributed by atoms with E-state index in [0.717, 1.165) is 42.3 Å². The van der Waals surface area contributed by atoms with Crippen LogP contribution in [-0.2, 0) is 19.4 Å². The molecule has 0 atom stereocenters. The van der Waals surface area contributed by atoms with Crippen molar-refractivity contribution < 1.29 is 18.6 Å². The molecule has 2 heterocycles. The van der Waals surface area contributed by atoms with Crippen molar-refractivity contribution >= 4 is 10.9 Å². The number of halogens is 2. The Hall–Kier alpha value is -3.55. The second-order valence-electron chi connectivity index (χ2n) is 7.83. The van der Waals surface area contributed by atoms with Crippen LogP contribution < -0.4 is 4.74 Å². The van der Waals surface area contributed by atoms with Gasteiger partial charge in [-0.1, -0.05) is 18.2 Å². The summed E-state index contributed by atoms with van der Waals surface area (Å²) in [5, 5.41) is 15.8. The quantitative estimate of drug-likeness (QED) is 0.486. The van der Waals surface area contributed by atoms with Crippen LogP contribution in [0.5, 0.6) is 11.6 Å². The highest BCUT2D eigenvalue weighted by atomic mass is 19.1. The van der Waals surface area contributed by atoms with Gasteiger partial charge in [-0.05, 0) is 38.7 Å². The lowest BCUT2D eigenvalue weighted by atomic mass is 9.97. The number of aromatic nitrogens is 4. The maximum atomic E-state index is 14.7. The zero-order valence-electron chi connectivity index (χ0n) is 17.6. The van der Waals surface area contributed by atoms with Crippen LogP contribution in [0, 0.1) is 11.6 Å². The lowest BCUT2D eigenvalue weighted by molar-refractivity contribution is 0.335. The predicted octanol–water partition coefficient (Wildman–Crippen LogP) is 4.80. The highest BCUT2D eigenvalue weighted by Gasteiger charge is 2.22. The molecule has 0 unspecified atom stereocenters. The van der Waals surface area contributed by atoms with Crippen molar-refractivity contribution in [1.82, 2.24) is 19.7 Å². The molecule has 2 aromatic carbocycles. The minimum atomic E-state index is -0.697. The molecular weight excluding hydrogens is 414 g/mol. The van der Waals surface area contributed by atoms with Crippen molar-refractivity contribution in [3.8, 4) is 23.1 Å². The van der Waals surface area contributed by atoms with Crippen LogP contribution in [0.3, 0.4) is 0 Å². The zero-order valence-corrected chi connectivity index (χ0v) is 17.6. The van der Waals surface area contributed by atoms with E-state index >= 15 is 0 Å². The molecule has 8 heteroatoms. The summed E-state index contributed by atoms with van der Waals surface area (Å²) in [5.41, 5.74) is 2.68. The number of hydrogen-bond acceptors (Lipinski definition) is 5. The summed E-state index contributed by atoms with van der Waals surface area (Å²) in [7, 11) is 0. The first kappa shape index (κ1) is 20.4. The molecule has 32 heavy (non-hydrogen) atoms. The highest BCUT2D eigenvalue weighted by molar-refractivity contribution is 5.91. The molecule has 0 aliphatic heterocycles. The molecular formula is C24H22F2N4O2. The lowest BCUT2D eigenvalue weighted by Crippen LogP contribution is -2.09. The van der Waals surface area contributed by atoms with Gasteiger partial charge < -0.3 is 9.84 Å². The van der Waals surface area contributed by atoms with Crippen molar-refractivity contribution in [3.63, 3.8) is 0 Å². The van der Waals surface area contributed by atoms with Crippen LogP contribution in [0.25, 0.3) is 22.4 Å². The number of benzene rings is 2. The van der Waals surface area contributed by atoms with E-state index in [9.17, 15) is 13.9 Å². The Morgan fingerprint density at radius 3 is 2.59 bits per heavy atom. The SMILES string of the molecule is CCOc1cc(F)c(Cn2nc(-c3nc(O)c4c(n3)CCCC4)c3ccccc32)c(F)c1. The number of ether oxygens (including phenoxy) is 1. The molecule has 0 amide bonds. The first-order chi connectivity index (χ1) is 15.5. The van der Waals surface area contributed by atoms with E-state index in [0.29, 0.717) is 23.6 Å². The average Bonchev–Trinajstić information content (AvgIpc) is 3.15. The second kappa shape index (κ2) is 8.18. The molecule has 1 aliphatic rings. The lowest BCUT2D eigenvalue weighted by Gasteiger charge is -2.15. The first-order valence-electron chi connectivity index (χ1n) is 10.7. The van der Waals surface area contributed by atoms with Gasteiger partial charge in [-0.3, -0.25) is 4.68 Å². The van der Waals surface area contributed by atoms with Gasteiger partial charge in [0.15, 0.2) is 5.82 Å². The average molecular weight is 436 g/mol. The van der Waals surface area contributed by atoms with Crippen LogP contribution in [0.1, 0.15) is 36.6 Å². The highest BCUT2D eigenvalue weighted by Crippen LogP contribution is 2.32. The normalized spacial score (nSPS) is 13.3. The monoisotopic (exact) mass is 436 g/mol. The Bertz CT molecular complexity index is 1300. The molecule has 164 valence electrons. The van der Waals surface area contributed by atoms with Gasteiger partial charge in [0.2, 0.25) is 5.88 Å². The summed E-state index contributed by atoms with van der Waals surface area (Å²) in [5.74, 6) is -0.956. The fourth-order valence-electron chi connectivity index (χ4n) is 4.22. The van der Waals surface area contributed by atoms with Crippen molar-refractivity contribution in [1.29, 1.82) is 0 Å². The van der Waals surface area contributed by atoms with E-state index < -0.39 is 11.6 Å². The second-order valence-corrected chi connectivity index (χ2v) is 7.83. The van der Waals surface area contributed by atoms with Gasteiger partial charge >= 0.3 is 0 Å². The van der Waals surface area contributed by atoms with E-state index in [1.165, 1.54) is 16.8 Å². The fraction of sp³-hybridized carbons (Fsp3) is 0.292. The molecule has 0 radical (unpaired) electrons. The Morgan fingerprint density at radius 2 is 1.81 bits per heavy atom. The molecule has 0 fully saturated rings. The van der Waals surface area contributed by atoms with E-state index in [4.69, 9.17) is 4.74 Å². The van der Waals surface area contributed by atoms with Gasteiger partial charge in [-0.25, -0.2) is 13.8 Å². The summed E-state index contributed by atoms with van der Waals surface area (Å²) in [6, 6.07) is 9.74. The number of hydrogen-bond donors (Lipinski definition) is 1. The Morgan fingerprint density at radius 1 is 1.06 bits per heavy atom. The van der Waals surface area contributed by atoms with Gasteiger partial charge in [-0.15, -0.1) is 0 Å².